The Labute approximate surface area is 151 Å². The van der Waals surface area contributed by atoms with Crippen molar-refractivity contribution in [2.24, 2.45) is 5.92 Å². The summed E-state index contributed by atoms with van der Waals surface area (Å²) < 4.78 is 0. The van der Waals surface area contributed by atoms with Crippen molar-refractivity contribution in [3.05, 3.63) is 64.8 Å². The highest BCUT2D eigenvalue weighted by atomic mass is 16.4. The largest absolute Gasteiger partial charge is 0.478 e. The SMILES string of the molecule is CC1=CCC(C)(C)c2ccc([C@@]3(C)CC3/C=C/C(C)=C/C(=O)O)cc21. The Morgan fingerprint density at radius 3 is 2.68 bits per heavy atom. The van der Waals surface area contributed by atoms with Crippen LogP contribution in [0.1, 0.15) is 64.2 Å². The van der Waals surface area contributed by atoms with Crippen molar-refractivity contribution in [2.45, 2.75) is 58.3 Å². The molecule has 132 valence electrons. The lowest BCUT2D eigenvalue weighted by Gasteiger charge is -2.32. The Hall–Kier alpha value is -2.09. The molecule has 1 N–H and O–H groups in total. The topological polar surface area (TPSA) is 37.3 Å². The van der Waals surface area contributed by atoms with Crippen molar-refractivity contribution in [1.29, 1.82) is 0 Å². The van der Waals surface area contributed by atoms with Gasteiger partial charge >= 0.3 is 5.97 Å². The van der Waals surface area contributed by atoms with Gasteiger partial charge in [0.1, 0.15) is 0 Å². The predicted octanol–water partition coefficient (Wildman–Crippen LogP) is 5.64. The van der Waals surface area contributed by atoms with E-state index in [1.165, 1.54) is 28.3 Å². The zero-order valence-corrected chi connectivity index (χ0v) is 15.9. The van der Waals surface area contributed by atoms with Crippen LogP contribution in [0.25, 0.3) is 5.57 Å². The number of carboxylic acid groups (broad SMARTS) is 1. The van der Waals surface area contributed by atoms with Crippen LogP contribution < -0.4 is 0 Å². The molecule has 0 spiro atoms. The molecule has 0 amide bonds. The second kappa shape index (κ2) is 6.01. The van der Waals surface area contributed by atoms with Gasteiger partial charge in [0.2, 0.25) is 0 Å². The quantitative estimate of drug-likeness (QED) is 0.571. The van der Waals surface area contributed by atoms with E-state index in [0.29, 0.717) is 5.92 Å². The van der Waals surface area contributed by atoms with E-state index >= 15 is 0 Å². The average molecular weight is 336 g/mol. The zero-order chi connectivity index (χ0) is 18.4. The maximum Gasteiger partial charge on any atom is 0.328 e. The van der Waals surface area contributed by atoms with Gasteiger partial charge in [-0.15, -0.1) is 0 Å². The van der Waals surface area contributed by atoms with Crippen molar-refractivity contribution in [3.63, 3.8) is 0 Å². The molecule has 0 saturated heterocycles. The molecule has 25 heavy (non-hydrogen) atoms. The van der Waals surface area contributed by atoms with Gasteiger partial charge in [-0.05, 0) is 71.3 Å². The molecule has 0 heterocycles. The first-order valence-corrected chi connectivity index (χ1v) is 9.05. The standard InChI is InChI=1S/C23H28O2/c1-15(12-21(24)25)6-7-18-14-23(18,5)17-8-9-20-19(13-17)16(2)10-11-22(20,3)4/h6-10,12-13,18H,11,14H2,1-5H3,(H,24,25)/b7-6+,15-12+/t18?,23-/m1/s1. The number of aliphatic carboxylic acids is 1. The fraction of sp³-hybridized carbons (Fsp3) is 0.435. The Morgan fingerprint density at radius 2 is 2.00 bits per heavy atom. The van der Waals surface area contributed by atoms with Crippen molar-refractivity contribution >= 4 is 11.5 Å². The molecule has 2 nitrogen and oxygen atoms in total. The molecule has 0 bridgehead atoms. The van der Waals surface area contributed by atoms with Crippen LogP contribution in [0.4, 0.5) is 0 Å². The number of carbonyl (C=O) groups is 1. The minimum absolute atomic E-state index is 0.164. The number of hydrogen-bond donors (Lipinski definition) is 1. The summed E-state index contributed by atoms with van der Waals surface area (Å²) in [6.07, 6.45) is 9.94. The van der Waals surface area contributed by atoms with Crippen LogP contribution in [-0.4, -0.2) is 11.1 Å². The minimum Gasteiger partial charge on any atom is -0.478 e. The molecule has 1 unspecified atom stereocenters. The van der Waals surface area contributed by atoms with Gasteiger partial charge in [0, 0.05) is 6.08 Å². The Kier molecular flexibility index (Phi) is 4.26. The summed E-state index contributed by atoms with van der Waals surface area (Å²) in [4.78, 5) is 10.7. The number of benzene rings is 1. The fourth-order valence-corrected chi connectivity index (χ4v) is 3.97. The van der Waals surface area contributed by atoms with Crippen LogP contribution in [0.5, 0.6) is 0 Å². The van der Waals surface area contributed by atoms with Gasteiger partial charge in [-0.2, -0.15) is 0 Å². The summed E-state index contributed by atoms with van der Waals surface area (Å²) >= 11 is 0. The van der Waals surface area contributed by atoms with Crippen LogP contribution in [0.3, 0.4) is 0 Å². The molecule has 3 rings (SSSR count). The monoisotopic (exact) mass is 336 g/mol. The molecule has 2 aliphatic rings. The summed E-state index contributed by atoms with van der Waals surface area (Å²) in [5.41, 5.74) is 6.78. The first-order valence-electron chi connectivity index (χ1n) is 9.05. The van der Waals surface area contributed by atoms with E-state index in [2.05, 4.69) is 58.0 Å². The van der Waals surface area contributed by atoms with Gasteiger partial charge in [-0.3, -0.25) is 0 Å². The summed E-state index contributed by atoms with van der Waals surface area (Å²) in [6, 6.07) is 7.00. The van der Waals surface area contributed by atoms with Gasteiger partial charge < -0.3 is 5.11 Å². The molecule has 2 aliphatic carbocycles. The second-order valence-electron chi connectivity index (χ2n) is 8.55. The normalized spacial score (nSPS) is 27.8. The third kappa shape index (κ3) is 3.35. The molecule has 1 aromatic carbocycles. The van der Waals surface area contributed by atoms with Gasteiger partial charge in [0.05, 0.1) is 0 Å². The average Bonchev–Trinajstić information content (AvgIpc) is 3.20. The first kappa shape index (κ1) is 17.7. The molecular formula is C23H28O2. The summed E-state index contributed by atoms with van der Waals surface area (Å²) in [6.45, 7) is 11.0. The van der Waals surface area contributed by atoms with E-state index in [-0.39, 0.29) is 10.8 Å². The molecule has 1 saturated carbocycles. The van der Waals surface area contributed by atoms with E-state index in [0.717, 1.165) is 18.4 Å². The lowest BCUT2D eigenvalue weighted by Crippen LogP contribution is -2.21. The second-order valence-corrected chi connectivity index (χ2v) is 8.55. The van der Waals surface area contributed by atoms with Crippen LogP contribution in [-0.2, 0) is 15.6 Å². The van der Waals surface area contributed by atoms with Crippen molar-refractivity contribution < 1.29 is 9.90 Å². The first-order chi connectivity index (χ1) is 11.6. The van der Waals surface area contributed by atoms with Crippen LogP contribution in [0.2, 0.25) is 0 Å². The van der Waals surface area contributed by atoms with Crippen molar-refractivity contribution in [3.8, 4) is 0 Å². The van der Waals surface area contributed by atoms with Crippen LogP contribution in [0.15, 0.2) is 48.1 Å². The third-order valence-electron chi connectivity index (χ3n) is 6.00. The van der Waals surface area contributed by atoms with Gasteiger partial charge in [0.25, 0.3) is 0 Å². The Morgan fingerprint density at radius 1 is 1.28 bits per heavy atom. The molecule has 0 aromatic heterocycles. The van der Waals surface area contributed by atoms with Crippen LogP contribution >= 0.6 is 0 Å². The molecule has 0 aliphatic heterocycles. The Balaban J connectivity index is 1.85. The van der Waals surface area contributed by atoms with Crippen LogP contribution in [0, 0.1) is 5.92 Å². The third-order valence-corrected chi connectivity index (χ3v) is 6.00. The minimum atomic E-state index is -0.889. The molecule has 1 fully saturated rings. The maximum absolute atomic E-state index is 10.7. The summed E-state index contributed by atoms with van der Waals surface area (Å²) in [5, 5.41) is 8.81. The zero-order valence-electron chi connectivity index (χ0n) is 15.9. The molecule has 1 aromatic rings. The maximum atomic E-state index is 10.7. The van der Waals surface area contributed by atoms with Gasteiger partial charge in [0.15, 0.2) is 0 Å². The number of rotatable bonds is 4. The summed E-state index contributed by atoms with van der Waals surface area (Å²) in [5.74, 6) is -0.413. The highest BCUT2D eigenvalue weighted by Gasteiger charge is 2.49. The number of carboxylic acids is 1. The predicted molar refractivity (Wildman–Crippen MR) is 104 cm³/mol. The Bertz CT molecular complexity index is 807. The number of fused-ring (bicyclic) bond motifs is 1. The van der Waals surface area contributed by atoms with E-state index in [1.807, 2.05) is 13.0 Å². The van der Waals surface area contributed by atoms with E-state index in [4.69, 9.17) is 5.11 Å². The highest BCUT2D eigenvalue weighted by Crippen LogP contribution is 2.55. The highest BCUT2D eigenvalue weighted by molar-refractivity contribution is 5.81. The van der Waals surface area contributed by atoms with E-state index < -0.39 is 5.97 Å². The van der Waals surface area contributed by atoms with Gasteiger partial charge in [-0.1, -0.05) is 57.2 Å². The van der Waals surface area contributed by atoms with Crippen molar-refractivity contribution in [2.75, 3.05) is 0 Å². The van der Waals surface area contributed by atoms with Gasteiger partial charge in [-0.25, -0.2) is 4.79 Å². The van der Waals surface area contributed by atoms with E-state index in [9.17, 15) is 4.79 Å². The number of allylic oxidation sites excluding steroid dienone is 5. The molecule has 2 heteroatoms. The summed E-state index contributed by atoms with van der Waals surface area (Å²) in [7, 11) is 0. The lowest BCUT2D eigenvalue weighted by molar-refractivity contribution is -0.131. The van der Waals surface area contributed by atoms with E-state index in [1.54, 1.807) is 0 Å². The lowest BCUT2D eigenvalue weighted by atomic mass is 9.72. The molecular weight excluding hydrogens is 308 g/mol. The fourth-order valence-electron chi connectivity index (χ4n) is 3.97. The molecule has 2 atom stereocenters. The smallest absolute Gasteiger partial charge is 0.328 e. The van der Waals surface area contributed by atoms with Crippen molar-refractivity contribution in [1.82, 2.24) is 0 Å². The number of hydrogen-bond acceptors (Lipinski definition) is 1. The molecule has 0 radical (unpaired) electrons.